The fraction of sp³-hybridized carbons (Fsp3) is 0.167. The van der Waals surface area contributed by atoms with Gasteiger partial charge in [-0.05, 0) is 43.2 Å². The minimum absolute atomic E-state index is 0.0425. The summed E-state index contributed by atoms with van der Waals surface area (Å²) in [6.45, 7) is 3.79. The molecule has 25 heavy (non-hydrogen) atoms. The molecule has 130 valence electrons. The molecule has 5 nitrogen and oxygen atoms in total. The van der Waals surface area contributed by atoms with Crippen LogP contribution in [0.15, 0.2) is 47.4 Å². The van der Waals surface area contributed by atoms with Crippen LogP contribution in [0.2, 0.25) is 0 Å². The monoisotopic (exact) mass is 375 g/mol. The summed E-state index contributed by atoms with van der Waals surface area (Å²) < 4.78 is 34.1. The van der Waals surface area contributed by atoms with Gasteiger partial charge in [0.1, 0.15) is 9.77 Å². The smallest absolute Gasteiger partial charge is 0.349 e. The topological polar surface area (TPSA) is 72.5 Å². The average Bonchev–Trinajstić information content (AvgIpc) is 2.93. The molecule has 1 heterocycles. The van der Waals surface area contributed by atoms with E-state index in [-0.39, 0.29) is 9.77 Å². The van der Waals surface area contributed by atoms with Crippen molar-refractivity contribution < 1.29 is 17.9 Å². The van der Waals surface area contributed by atoms with Crippen molar-refractivity contribution in [3.63, 3.8) is 0 Å². The van der Waals surface area contributed by atoms with Crippen LogP contribution in [0.4, 0.5) is 5.69 Å². The van der Waals surface area contributed by atoms with Crippen molar-refractivity contribution >= 4 is 43.1 Å². The molecule has 0 atom stereocenters. The molecule has 3 rings (SSSR count). The first-order valence-corrected chi connectivity index (χ1v) is 9.83. The Hall–Kier alpha value is -2.38. The first-order chi connectivity index (χ1) is 11.8. The van der Waals surface area contributed by atoms with Crippen LogP contribution in [-0.4, -0.2) is 21.5 Å². The molecule has 0 unspecified atom stereocenters. The van der Waals surface area contributed by atoms with Gasteiger partial charge in [0, 0.05) is 15.8 Å². The maximum absolute atomic E-state index is 13.0. The minimum atomic E-state index is -3.96. The predicted octanol–water partition coefficient (Wildman–Crippen LogP) is 4.11. The number of fused-ring (bicyclic) bond motifs is 1. The highest BCUT2D eigenvalue weighted by atomic mass is 32.2. The van der Waals surface area contributed by atoms with Crippen molar-refractivity contribution in [1.29, 1.82) is 0 Å². The van der Waals surface area contributed by atoms with Gasteiger partial charge in [0.25, 0.3) is 10.0 Å². The van der Waals surface area contributed by atoms with Gasteiger partial charge in [0.15, 0.2) is 0 Å². The molecule has 0 fully saturated rings. The zero-order chi connectivity index (χ0) is 18.2. The molecule has 1 N–H and O–H groups in total. The number of methoxy groups -OCH3 is 1. The first kappa shape index (κ1) is 17.4. The number of carbonyl (C=O) groups is 1. The fourth-order valence-corrected chi connectivity index (χ4v) is 5.62. The zero-order valence-electron chi connectivity index (χ0n) is 14.0. The molecule has 0 saturated carbocycles. The number of thiophene rings is 1. The third kappa shape index (κ3) is 3.38. The Balaban J connectivity index is 2.17. The van der Waals surface area contributed by atoms with Crippen LogP contribution in [0.25, 0.3) is 10.1 Å². The Morgan fingerprint density at radius 1 is 1.08 bits per heavy atom. The lowest BCUT2D eigenvalue weighted by molar-refractivity contribution is 0.0602. The van der Waals surface area contributed by atoms with E-state index in [1.807, 2.05) is 19.9 Å². The molecule has 0 bridgehead atoms. The van der Waals surface area contributed by atoms with Crippen LogP contribution in [0.5, 0.6) is 0 Å². The summed E-state index contributed by atoms with van der Waals surface area (Å²) in [7, 11) is -2.72. The van der Waals surface area contributed by atoms with Gasteiger partial charge in [0.2, 0.25) is 0 Å². The van der Waals surface area contributed by atoms with Gasteiger partial charge < -0.3 is 4.74 Å². The second kappa shape index (κ2) is 6.50. The molecule has 3 aromatic rings. The second-order valence-corrected chi connectivity index (χ2v) is 8.40. The van der Waals surface area contributed by atoms with Crippen LogP contribution in [-0.2, 0) is 14.8 Å². The number of hydrogen-bond acceptors (Lipinski definition) is 5. The molecule has 0 spiro atoms. The van der Waals surface area contributed by atoms with Crippen molar-refractivity contribution in [1.82, 2.24) is 0 Å². The largest absolute Gasteiger partial charge is 0.465 e. The number of sulfonamides is 1. The molecule has 7 heteroatoms. The number of carbonyl (C=O) groups excluding carboxylic acids is 1. The number of nitrogens with one attached hydrogen (secondary N) is 1. The molecule has 0 amide bonds. The fourth-order valence-electron chi connectivity index (χ4n) is 2.76. The van der Waals surface area contributed by atoms with Gasteiger partial charge in [-0.2, -0.15) is 0 Å². The minimum Gasteiger partial charge on any atom is -0.465 e. The summed E-state index contributed by atoms with van der Waals surface area (Å²) >= 11 is 1.11. The highest BCUT2D eigenvalue weighted by Crippen LogP contribution is 2.36. The normalized spacial score (nSPS) is 11.5. The highest BCUT2D eigenvalue weighted by Gasteiger charge is 2.29. The molecule has 0 radical (unpaired) electrons. The van der Waals surface area contributed by atoms with Gasteiger partial charge in [-0.15, -0.1) is 11.3 Å². The lowest BCUT2D eigenvalue weighted by atomic mass is 10.1. The molecule has 0 aliphatic carbocycles. The Kier molecular flexibility index (Phi) is 4.53. The lowest BCUT2D eigenvalue weighted by Gasteiger charge is -2.10. The summed E-state index contributed by atoms with van der Waals surface area (Å²) in [5.74, 6) is -0.665. The van der Waals surface area contributed by atoms with E-state index in [9.17, 15) is 13.2 Å². The molecular formula is C18H17NO4S2. The lowest BCUT2D eigenvalue weighted by Crippen LogP contribution is -2.16. The van der Waals surface area contributed by atoms with Crippen LogP contribution in [0.3, 0.4) is 0 Å². The number of anilines is 1. The van der Waals surface area contributed by atoms with E-state index in [2.05, 4.69) is 4.72 Å². The van der Waals surface area contributed by atoms with Gasteiger partial charge in [0.05, 0.1) is 7.11 Å². The van der Waals surface area contributed by atoms with Crippen molar-refractivity contribution in [3.8, 4) is 0 Å². The second-order valence-electron chi connectivity index (χ2n) is 5.73. The summed E-state index contributed by atoms with van der Waals surface area (Å²) in [5.41, 5.74) is 2.35. The Morgan fingerprint density at radius 2 is 1.72 bits per heavy atom. The number of aryl methyl sites for hydroxylation is 2. The maximum Gasteiger partial charge on any atom is 0.349 e. The van der Waals surface area contributed by atoms with E-state index < -0.39 is 16.0 Å². The average molecular weight is 375 g/mol. The van der Waals surface area contributed by atoms with Crippen molar-refractivity contribution in [2.45, 2.75) is 18.7 Å². The summed E-state index contributed by atoms with van der Waals surface area (Å²) in [6.07, 6.45) is 0. The molecular weight excluding hydrogens is 358 g/mol. The zero-order valence-corrected chi connectivity index (χ0v) is 15.6. The Labute approximate surface area is 150 Å². The first-order valence-electron chi connectivity index (χ1n) is 7.53. The number of hydrogen-bond donors (Lipinski definition) is 1. The highest BCUT2D eigenvalue weighted by molar-refractivity contribution is 7.93. The standard InChI is InChI=1S/C18H17NO4S2/c1-11-8-12(2)10-13(9-11)19-25(21,22)17-14-6-4-5-7-15(14)24-16(17)18(20)23-3/h4-10,19H,1-3H3. The van der Waals surface area contributed by atoms with E-state index in [1.165, 1.54) is 7.11 Å². The Morgan fingerprint density at radius 3 is 2.36 bits per heavy atom. The van der Waals surface area contributed by atoms with Crippen molar-refractivity contribution in [3.05, 3.63) is 58.5 Å². The summed E-state index contributed by atoms with van der Waals surface area (Å²) in [4.78, 5) is 12.1. The van der Waals surface area contributed by atoms with Crippen LogP contribution >= 0.6 is 11.3 Å². The van der Waals surface area contributed by atoms with Gasteiger partial charge >= 0.3 is 5.97 Å². The predicted molar refractivity (Wildman–Crippen MR) is 99.9 cm³/mol. The molecule has 2 aromatic carbocycles. The third-order valence-electron chi connectivity index (χ3n) is 3.66. The van der Waals surface area contributed by atoms with E-state index in [0.29, 0.717) is 15.8 Å². The molecule has 0 aliphatic heterocycles. The molecule has 0 saturated heterocycles. The SMILES string of the molecule is COC(=O)c1sc2ccccc2c1S(=O)(=O)Nc1cc(C)cc(C)c1. The van der Waals surface area contributed by atoms with Gasteiger partial charge in [-0.25, -0.2) is 13.2 Å². The van der Waals surface area contributed by atoms with E-state index >= 15 is 0 Å². The number of benzene rings is 2. The molecule has 1 aromatic heterocycles. The van der Waals surface area contributed by atoms with Crippen LogP contribution in [0.1, 0.15) is 20.8 Å². The number of ether oxygens (including phenoxy) is 1. The van der Waals surface area contributed by atoms with Crippen molar-refractivity contribution in [2.24, 2.45) is 0 Å². The number of esters is 1. The van der Waals surface area contributed by atoms with Crippen LogP contribution < -0.4 is 4.72 Å². The maximum atomic E-state index is 13.0. The van der Waals surface area contributed by atoms with Gasteiger partial charge in [-0.3, -0.25) is 4.72 Å². The third-order valence-corrected chi connectivity index (χ3v) is 6.41. The van der Waals surface area contributed by atoms with E-state index in [1.54, 1.807) is 36.4 Å². The summed E-state index contributed by atoms with van der Waals surface area (Å²) in [5, 5.41) is 0.504. The van der Waals surface area contributed by atoms with Crippen molar-refractivity contribution in [2.75, 3.05) is 11.8 Å². The van der Waals surface area contributed by atoms with E-state index in [0.717, 1.165) is 22.5 Å². The Bertz CT molecular complexity index is 1050. The van der Waals surface area contributed by atoms with Crippen LogP contribution in [0, 0.1) is 13.8 Å². The summed E-state index contributed by atoms with van der Waals surface area (Å²) in [6, 6.07) is 12.5. The quantitative estimate of drug-likeness (QED) is 0.697. The molecule has 0 aliphatic rings. The van der Waals surface area contributed by atoms with E-state index in [4.69, 9.17) is 4.74 Å². The number of rotatable bonds is 4. The van der Waals surface area contributed by atoms with Gasteiger partial charge in [-0.1, -0.05) is 24.3 Å².